The molecule has 2 heterocycles. The summed E-state index contributed by atoms with van der Waals surface area (Å²) in [6.45, 7) is 2.26. The van der Waals surface area contributed by atoms with Gasteiger partial charge in [-0.1, -0.05) is 0 Å². The zero-order valence-electron chi connectivity index (χ0n) is 6.58. The lowest BCUT2D eigenvalue weighted by Crippen LogP contribution is -2.22. The topological polar surface area (TPSA) is 15.3 Å². The maximum absolute atomic E-state index is 3.44. The minimum absolute atomic E-state index is 0.459. The smallest absolute Gasteiger partial charge is 0.0867 e. The predicted molar refractivity (Wildman–Crippen MR) is 47.7 cm³/mol. The lowest BCUT2D eigenvalue weighted by Gasteiger charge is -2.17. The third-order valence-electron chi connectivity index (χ3n) is 2.10. The molecule has 1 aromatic rings. The van der Waals surface area contributed by atoms with Crippen LogP contribution >= 0.6 is 11.3 Å². The van der Waals surface area contributed by atoms with Crippen LogP contribution in [0.4, 0.5) is 0 Å². The van der Waals surface area contributed by atoms with Crippen molar-refractivity contribution >= 4 is 11.3 Å². The Morgan fingerprint density at radius 3 is 3.18 bits per heavy atom. The van der Waals surface area contributed by atoms with Crippen LogP contribution in [-0.2, 0) is 0 Å². The van der Waals surface area contributed by atoms with E-state index in [1.54, 1.807) is 11.3 Å². The van der Waals surface area contributed by atoms with Crippen molar-refractivity contribution in [2.75, 3.05) is 20.1 Å². The highest BCUT2D eigenvalue weighted by Crippen LogP contribution is 2.21. The summed E-state index contributed by atoms with van der Waals surface area (Å²) in [5.41, 5.74) is 1.40. The molecule has 0 radical (unpaired) electrons. The standard InChI is InChI=1S/C8H12N2S/c1-10-4-3-9-8(10)7-2-5-11-6-7/h2,5-6,8-9H,3-4H2,1H3. The summed E-state index contributed by atoms with van der Waals surface area (Å²) in [4.78, 5) is 2.34. The lowest BCUT2D eigenvalue weighted by atomic mass is 10.3. The Labute approximate surface area is 70.8 Å². The van der Waals surface area contributed by atoms with Crippen LogP contribution in [0.3, 0.4) is 0 Å². The van der Waals surface area contributed by atoms with E-state index in [1.165, 1.54) is 5.56 Å². The summed E-state index contributed by atoms with van der Waals surface area (Å²) in [5.74, 6) is 0. The van der Waals surface area contributed by atoms with Gasteiger partial charge in [0.05, 0.1) is 6.17 Å². The molecule has 3 heteroatoms. The molecule has 0 bridgehead atoms. The SMILES string of the molecule is CN1CCNC1c1ccsc1. The molecule has 1 aromatic heterocycles. The van der Waals surface area contributed by atoms with Gasteiger partial charge in [-0.05, 0) is 29.4 Å². The first-order valence-corrected chi connectivity index (χ1v) is 4.78. The van der Waals surface area contributed by atoms with Crippen molar-refractivity contribution in [3.8, 4) is 0 Å². The Morgan fingerprint density at radius 1 is 1.73 bits per heavy atom. The first-order valence-electron chi connectivity index (χ1n) is 3.83. The minimum Gasteiger partial charge on any atom is -0.297 e. The molecule has 11 heavy (non-hydrogen) atoms. The van der Waals surface area contributed by atoms with Crippen LogP contribution in [-0.4, -0.2) is 25.0 Å². The van der Waals surface area contributed by atoms with Gasteiger partial charge in [-0.25, -0.2) is 0 Å². The first-order chi connectivity index (χ1) is 5.38. The Hall–Kier alpha value is -0.380. The van der Waals surface area contributed by atoms with Crippen LogP contribution in [0.1, 0.15) is 11.7 Å². The van der Waals surface area contributed by atoms with E-state index < -0.39 is 0 Å². The molecular weight excluding hydrogens is 156 g/mol. The van der Waals surface area contributed by atoms with Crippen molar-refractivity contribution in [2.45, 2.75) is 6.17 Å². The predicted octanol–water partition coefficient (Wildman–Crippen LogP) is 1.28. The molecule has 0 saturated carbocycles. The fourth-order valence-corrected chi connectivity index (χ4v) is 2.14. The zero-order chi connectivity index (χ0) is 7.68. The van der Waals surface area contributed by atoms with Gasteiger partial charge >= 0.3 is 0 Å². The molecule has 0 spiro atoms. The number of likely N-dealkylation sites (N-methyl/N-ethyl adjacent to an activating group) is 1. The largest absolute Gasteiger partial charge is 0.297 e. The van der Waals surface area contributed by atoms with Crippen molar-refractivity contribution in [1.82, 2.24) is 10.2 Å². The lowest BCUT2D eigenvalue weighted by molar-refractivity contribution is 0.301. The molecule has 2 nitrogen and oxygen atoms in total. The van der Waals surface area contributed by atoms with Gasteiger partial charge < -0.3 is 0 Å². The number of nitrogens with one attached hydrogen (secondary N) is 1. The molecule has 0 aliphatic carbocycles. The molecule has 2 rings (SSSR count). The molecule has 1 unspecified atom stereocenters. The van der Waals surface area contributed by atoms with E-state index >= 15 is 0 Å². The molecule has 1 aliphatic rings. The van der Waals surface area contributed by atoms with E-state index in [1.807, 2.05) is 0 Å². The average Bonchev–Trinajstić information content (AvgIpc) is 2.55. The third kappa shape index (κ3) is 1.31. The van der Waals surface area contributed by atoms with Crippen LogP contribution in [0, 0.1) is 0 Å². The second kappa shape index (κ2) is 2.93. The fourth-order valence-electron chi connectivity index (χ4n) is 1.47. The van der Waals surface area contributed by atoms with Crippen LogP contribution in [0.25, 0.3) is 0 Å². The number of thiophene rings is 1. The second-order valence-corrected chi connectivity index (χ2v) is 3.67. The Morgan fingerprint density at radius 2 is 2.64 bits per heavy atom. The summed E-state index contributed by atoms with van der Waals surface area (Å²) in [7, 11) is 2.16. The molecule has 1 atom stereocenters. The van der Waals surface area contributed by atoms with Gasteiger partial charge in [-0.2, -0.15) is 11.3 Å². The molecule has 1 saturated heterocycles. The monoisotopic (exact) mass is 168 g/mol. The highest BCUT2D eigenvalue weighted by atomic mass is 32.1. The highest BCUT2D eigenvalue weighted by molar-refractivity contribution is 7.07. The van der Waals surface area contributed by atoms with Gasteiger partial charge in [-0.15, -0.1) is 0 Å². The highest BCUT2D eigenvalue weighted by Gasteiger charge is 2.21. The first kappa shape index (κ1) is 7.28. The molecule has 1 N–H and O–H groups in total. The number of hydrogen-bond acceptors (Lipinski definition) is 3. The molecular formula is C8H12N2S. The van der Waals surface area contributed by atoms with E-state index in [2.05, 4.69) is 34.1 Å². The number of nitrogens with zero attached hydrogens (tertiary/aromatic N) is 1. The van der Waals surface area contributed by atoms with Crippen LogP contribution in [0.15, 0.2) is 16.8 Å². The van der Waals surface area contributed by atoms with Crippen LogP contribution in [0.2, 0.25) is 0 Å². The maximum atomic E-state index is 3.44. The van der Waals surface area contributed by atoms with E-state index in [-0.39, 0.29) is 0 Å². The average molecular weight is 168 g/mol. The maximum Gasteiger partial charge on any atom is 0.0867 e. The summed E-state index contributed by atoms with van der Waals surface area (Å²) in [5, 5.41) is 7.78. The van der Waals surface area contributed by atoms with Crippen molar-refractivity contribution in [3.63, 3.8) is 0 Å². The molecule has 0 amide bonds. The molecule has 1 aliphatic heterocycles. The minimum atomic E-state index is 0.459. The fraction of sp³-hybridized carbons (Fsp3) is 0.500. The van der Waals surface area contributed by atoms with Crippen molar-refractivity contribution in [2.24, 2.45) is 0 Å². The molecule has 1 fully saturated rings. The van der Waals surface area contributed by atoms with E-state index in [9.17, 15) is 0 Å². The van der Waals surface area contributed by atoms with Crippen molar-refractivity contribution in [1.29, 1.82) is 0 Å². The Kier molecular flexibility index (Phi) is 1.94. The molecule has 0 aromatic carbocycles. The van der Waals surface area contributed by atoms with Crippen molar-refractivity contribution < 1.29 is 0 Å². The van der Waals surface area contributed by atoms with Gasteiger partial charge in [0.2, 0.25) is 0 Å². The van der Waals surface area contributed by atoms with Gasteiger partial charge in [0.15, 0.2) is 0 Å². The number of hydrogen-bond donors (Lipinski definition) is 1. The van der Waals surface area contributed by atoms with E-state index in [0.29, 0.717) is 6.17 Å². The van der Waals surface area contributed by atoms with E-state index in [0.717, 1.165) is 13.1 Å². The van der Waals surface area contributed by atoms with Gasteiger partial charge in [0.1, 0.15) is 0 Å². The van der Waals surface area contributed by atoms with Crippen LogP contribution in [0.5, 0.6) is 0 Å². The number of rotatable bonds is 1. The van der Waals surface area contributed by atoms with E-state index in [4.69, 9.17) is 0 Å². The van der Waals surface area contributed by atoms with Crippen LogP contribution < -0.4 is 5.32 Å². The molecule has 60 valence electrons. The van der Waals surface area contributed by atoms with Crippen molar-refractivity contribution in [3.05, 3.63) is 22.4 Å². The summed E-state index contributed by atoms with van der Waals surface area (Å²) < 4.78 is 0. The quantitative estimate of drug-likeness (QED) is 0.679. The Balaban J connectivity index is 2.16. The summed E-state index contributed by atoms with van der Waals surface area (Å²) in [6, 6.07) is 2.18. The van der Waals surface area contributed by atoms with Gasteiger partial charge in [0, 0.05) is 13.1 Å². The second-order valence-electron chi connectivity index (χ2n) is 2.89. The van der Waals surface area contributed by atoms with Gasteiger partial charge in [0.25, 0.3) is 0 Å². The Bertz CT molecular complexity index is 220. The third-order valence-corrected chi connectivity index (χ3v) is 2.80. The summed E-state index contributed by atoms with van der Waals surface area (Å²) >= 11 is 1.76. The summed E-state index contributed by atoms with van der Waals surface area (Å²) in [6.07, 6.45) is 0.459. The zero-order valence-corrected chi connectivity index (χ0v) is 7.40. The van der Waals surface area contributed by atoms with Gasteiger partial charge in [-0.3, -0.25) is 10.2 Å². The normalized spacial score (nSPS) is 26.1.